The van der Waals surface area contributed by atoms with Crippen molar-refractivity contribution in [3.05, 3.63) is 42.7 Å². The van der Waals surface area contributed by atoms with Crippen LogP contribution in [0.1, 0.15) is 39.8 Å². The number of nitrogens with one attached hydrogen (secondary N) is 1. The first-order valence-corrected chi connectivity index (χ1v) is 8.87. The summed E-state index contributed by atoms with van der Waals surface area (Å²) in [6.07, 6.45) is 1.90. The molecule has 2 aromatic rings. The molecule has 2 rings (SSSR count). The summed E-state index contributed by atoms with van der Waals surface area (Å²) in [5, 5.41) is 3.13. The molecule has 0 atom stereocenters. The number of pyridine rings is 1. The van der Waals surface area contributed by atoms with E-state index in [0.29, 0.717) is 41.9 Å². The number of ether oxygens (including phenoxy) is 2. The molecule has 2 aromatic heterocycles. The van der Waals surface area contributed by atoms with Gasteiger partial charge in [0, 0.05) is 18.8 Å². The maximum Gasteiger partial charge on any atom is 0.308 e. The van der Waals surface area contributed by atoms with Crippen LogP contribution in [0, 0.1) is 0 Å². The third kappa shape index (κ3) is 6.69. The lowest BCUT2D eigenvalue weighted by atomic mass is 10.2. The average Bonchev–Trinajstić information content (AvgIpc) is 2.61. The van der Waals surface area contributed by atoms with Crippen LogP contribution in [0.15, 0.2) is 37.0 Å². The number of rotatable bonds is 8. The van der Waals surface area contributed by atoms with Gasteiger partial charge >= 0.3 is 5.97 Å². The van der Waals surface area contributed by atoms with Gasteiger partial charge in [-0.3, -0.25) is 9.78 Å². The molecule has 0 amide bonds. The first-order chi connectivity index (χ1) is 12.8. The van der Waals surface area contributed by atoms with Gasteiger partial charge in [-0.2, -0.15) is 0 Å². The lowest BCUT2D eigenvalue weighted by molar-refractivity contribution is -0.154. The molecule has 2 heterocycles. The fourth-order valence-corrected chi connectivity index (χ4v) is 2.22. The molecule has 0 aliphatic carbocycles. The topological polar surface area (TPSA) is 86.2 Å². The SMILES string of the molecule is C=C(OCC)c1cc(NCCC(=O)OC(C)(C)C)nc(-c2ccccn2)n1. The fourth-order valence-electron chi connectivity index (χ4n) is 2.22. The summed E-state index contributed by atoms with van der Waals surface area (Å²) >= 11 is 0. The van der Waals surface area contributed by atoms with Crippen LogP contribution in [0.3, 0.4) is 0 Å². The van der Waals surface area contributed by atoms with E-state index >= 15 is 0 Å². The average molecular weight is 370 g/mol. The van der Waals surface area contributed by atoms with Crippen LogP contribution in [0.5, 0.6) is 0 Å². The minimum atomic E-state index is -0.499. The summed E-state index contributed by atoms with van der Waals surface area (Å²) in [5.41, 5.74) is 0.701. The van der Waals surface area contributed by atoms with Crippen LogP contribution in [-0.2, 0) is 14.3 Å². The van der Waals surface area contributed by atoms with Gasteiger partial charge in [0.05, 0.1) is 13.0 Å². The van der Waals surface area contributed by atoms with E-state index in [1.54, 1.807) is 12.3 Å². The van der Waals surface area contributed by atoms with Crippen LogP contribution >= 0.6 is 0 Å². The van der Waals surface area contributed by atoms with E-state index in [0.717, 1.165) is 0 Å². The maximum atomic E-state index is 11.9. The van der Waals surface area contributed by atoms with Crippen LogP contribution in [0.25, 0.3) is 17.3 Å². The zero-order valence-electron chi connectivity index (χ0n) is 16.3. The Balaban J connectivity index is 2.16. The van der Waals surface area contributed by atoms with Gasteiger partial charge in [0.2, 0.25) is 0 Å². The van der Waals surface area contributed by atoms with E-state index in [-0.39, 0.29) is 12.4 Å². The van der Waals surface area contributed by atoms with Crippen molar-refractivity contribution < 1.29 is 14.3 Å². The Hall–Kier alpha value is -2.96. The van der Waals surface area contributed by atoms with E-state index < -0.39 is 5.60 Å². The van der Waals surface area contributed by atoms with Gasteiger partial charge in [0.1, 0.15) is 28.6 Å². The highest BCUT2D eigenvalue weighted by molar-refractivity contribution is 5.70. The second kappa shape index (κ2) is 9.12. The largest absolute Gasteiger partial charge is 0.492 e. The summed E-state index contributed by atoms with van der Waals surface area (Å²) in [5.74, 6) is 1.19. The van der Waals surface area contributed by atoms with Crippen LogP contribution < -0.4 is 5.32 Å². The molecule has 7 nitrogen and oxygen atoms in total. The highest BCUT2D eigenvalue weighted by Gasteiger charge is 2.16. The molecule has 0 radical (unpaired) electrons. The van der Waals surface area contributed by atoms with E-state index in [2.05, 4.69) is 26.8 Å². The second-order valence-corrected chi connectivity index (χ2v) is 6.80. The smallest absolute Gasteiger partial charge is 0.308 e. The Morgan fingerprint density at radius 3 is 2.67 bits per heavy atom. The molecule has 0 saturated heterocycles. The summed E-state index contributed by atoms with van der Waals surface area (Å²) in [6, 6.07) is 7.25. The molecule has 0 aliphatic heterocycles. The zero-order valence-corrected chi connectivity index (χ0v) is 16.3. The third-order valence-corrected chi connectivity index (χ3v) is 3.28. The van der Waals surface area contributed by atoms with Crippen LogP contribution in [0.2, 0.25) is 0 Å². The number of anilines is 1. The summed E-state index contributed by atoms with van der Waals surface area (Å²) in [7, 11) is 0. The number of hydrogen-bond acceptors (Lipinski definition) is 7. The van der Waals surface area contributed by atoms with E-state index in [9.17, 15) is 4.79 Å². The van der Waals surface area contributed by atoms with Crippen molar-refractivity contribution in [2.75, 3.05) is 18.5 Å². The summed E-state index contributed by atoms with van der Waals surface area (Å²) < 4.78 is 10.8. The van der Waals surface area contributed by atoms with Crippen molar-refractivity contribution in [3.63, 3.8) is 0 Å². The molecule has 0 bridgehead atoms. The van der Waals surface area contributed by atoms with E-state index in [1.807, 2.05) is 45.9 Å². The van der Waals surface area contributed by atoms with E-state index in [4.69, 9.17) is 9.47 Å². The molecule has 0 spiro atoms. The maximum absolute atomic E-state index is 11.9. The summed E-state index contributed by atoms with van der Waals surface area (Å²) in [6.45, 7) is 12.2. The molecule has 0 unspecified atom stereocenters. The molecule has 27 heavy (non-hydrogen) atoms. The van der Waals surface area contributed by atoms with Crippen molar-refractivity contribution >= 4 is 17.5 Å². The molecule has 144 valence electrons. The normalized spacial score (nSPS) is 11.0. The number of carbonyl (C=O) groups is 1. The van der Waals surface area contributed by atoms with Gasteiger partial charge in [-0.15, -0.1) is 0 Å². The van der Waals surface area contributed by atoms with Gasteiger partial charge in [0.25, 0.3) is 0 Å². The van der Waals surface area contributed by atoms with Gasteiger partial charge in [-0.25, -0.2) is 9.97 Å². The third-order valence-electron chi connectivity index (χ3n) is 3.28. The minimum absolute atomic E-state index is 0.224. The molecule has 1 N–H and O–H groups in total. The number of hydrogen-bond donors (Lipinski definition) is 1. The van der Waals surface area contributed by atoms with Crippen molar-refractivity contribution in [2.45, 2.75) is 39.7 Å². The molecule has 7 heteroatoms. The standard InChI is InChI=1S/C20H26N4O3/c1-6-26-14(2)16-13-17(22-12-10-18(25)27-20(3,4)5)24-19(23-16)15-9-7-8-11-21-15/h7-9,11,13H,2,6,10,12H2,1,3-5H3,(H,22,23,24). The number of esters is 1. The highest BCUT2D eigenvalue weighted by Crippen LogP contribution is 2.20. The van der Waals surface area contributed by atoms with Crippen molar-refractivity contribution in [2.24, 2.45) is 0 Å². The van der Waals surface area contributed by atoms with Crippen LogP contribution in [0.4, 0.5) is 5.82 Å². The van der Waals surface area contributed by atoms with Crippen molar-refractivity contribution in [3.8, 4) is 11.5 Å². The van der Waals surface area contributed by atoms with Gasteiger partial charge in [-0.1, -0.05) is 12.6 Å². The first-order valence-electron chi connectivity index (χ1n) is 8.87. The summed E-state index contributed by atoms with van der Waals surface area (Å²) in [4.78, 5) is 25.1. The zero-order chi connectivity index (χ0) is 19.9. The Kier molecular flexibility index (Phi) is 6.87. The Bertz CT molecular complexity index is 786. The minimum Gasteiger partial charge on any atom is -0.492 e. The molecule has 0 aromatic carbocycles. The Labute approximate surface area is 159 Å². The predicted molar refractivity (Wildman–Crippen MR) is 105 cm³/mol. The first kappa shape index (κ1) is 20.4. The lowest BCUT2D eigenvalue weighted by Crippen LogP contribution is -2.25. The van der Waals surface area contributed by atoms with Crippen molar-refractivity contribution in [1.82, 2.24) is 15.0 Å². The molecule has 0 fully saturated rings. The lowest BCUT2D eigenvalue weighted by Gasteiger charge is -2.19. The van der Waals surface area contributed by atoms with Gasteiger partial charge in [0.15, 0.2) is 5.82 Å². The molecular weight excluding hydrogens is 344 g/mol. The van der Waals surface area contributed by atoms with Gasteiger partial charge < -0.3 is 14.8 Å². The monoisotopic (exact) mass is 370 g/mol. The van der Waals surface area contributed by atoms with E-state index in [1.165, 1.54) is 0 Å². The second-order valence-electron chi connectivity index (χ2n) is 6.80. The molecular formula is C20H26N4O3. The van der Waals surface area contributed by atoms with Crippen LogP contribution in [-0.4, -0.2) is 39.7 Å². The highest BCUT2D eigenvalue weighted by atomic mass is 16.6. The number of nitrogens with zero attached hydrogens (tertiary/aromatic N) is 3. The quantitative estimate of drug-likeness (QED) is 0.560. The Morgan fingerprint density at radius 2 is 2.04 bits per heavy atom. The Morgan fingerprint density at radius 1 is 1.26 bits per heavy atom. The predicted octanol–water partition coefficient (Wildman–Crippen LogP) is 3.69. The van der Waals surface area contributed by atoms with Crippen molar-refractivity contribution in [1.29, 1.82) is 0 Å². The van der Waals surface area contributed by atoms with Gasteiger partial charge in [-0.05, 0) is 39.8 Å². The number of carbonyl (C=O) groups excluding carboxylic acids is 1. The fraction of sp³-hybridized carbons (Fsp3) is 0.400. The molecule has 0 aliphatic rings. The molecule has 0 saturated carbocycles. The number of aromatic nitrogens is 3.